The Hall–Kier alpha value is -0.450. The van der Waals surface area contributed by atoms with Crippen molar-refractivity contribution in [2.75, 3.05) is 6.54 Å². The third kappa shape index (κ3) is 3.04. The van der Waals surface area contributed by atoms with Gasteiger partial charge in [0.2, 0.25) is 0 Å². The van der Waals surface area contributed by atoms with Crippen molar-refractivity contribution in [2.24, 2.45) is 5.73 Å². The SMILES string of the molecule is Cc1csc(C(C)(C)NCC(C)N)n1. The molecule has 0 spiro atoms. The third-order valence-corrected chi connectivity index (χ3v) is 3.30. The molecule has 4 heteroatoms. The van der Waals surface area contributed by atoms with Gasteiger partial charge in [-0.15, -0.1) is 11.3 Å². The molecular formula is C10H19N3S. The van der Waals surface area contributed by atoms with Crippen molar-refractivity contribution in [3.05, 3.63) is 16.1 Å². The second-order valence-electron chi connectivity index (χ2n) is 4.28. The first kappa shape index (κ1) is 11.6. The van der Waals surface area contributed by atoms with E-state index in [9.17, 15) is 0 Å². The molecule has 1 unspecified atom stereocenters. The number of hydrogen-bond donors (Lipinski definition) is 2. The molecule has 1 rings (SSSR count). The maximum absolute atomic E-state index is 5.70. The second-order valence-corrected chi connectivity index (χ2v) is 5.14. The van der Waals surface area contributed by atoms with Gasteiger partial charge in [-0.05, 0) is 27.7 Å². The summed E-state index contributed by atoms with van der Waals surface area (Å²) in [6.07, 6.45) is 0. The van der Waals surface area contributed by atoms with E-state index in [4.69, 9.17) is 5.73 Å². The first-order chi connectivity index (χ1) is 6.42. The van der Waals surface area contributed by atoms with Crippen LogP contribution in [0.4, 0.5) is 0 Å². The molecule has 80 valence electrons. The van der Waals surface area contributed by atoms with Crippen LogP contribution >= 0.6 is 11.3 Å². The number of aromatic nitrogens is 1. The zero-order valence-electron chi connectivity index (χ0n) is 9.29. The van der Waals surface area contributed by atoms with Crippen LogP contribution in [0.25, 0.3) is 0 Å². The lowest BCUT2D eigenvalue weighted by molar-refractivity contribution is 0.389. The highest BCUT2D eigenvalue weighted by Crippen LogP contribution is 2.23. The molecule has 0 saturated carbocycles. The molecule has 0 bridgehead atoms. The molecule has 0 aliphatic carbocycles. The number of nitrogens with zero attached hydrogens (tertiary/aromatic N) is 1. The predicted octanol–water partition coefficient (Wildman–Crippen LogP) is 1.62. The van der Waals surface area contributed by atoms with Gasteiger partial charge >= 0.3 is 0 Å². The molecule has 1 aromatic heterocycles. The van der Waals surface area contributed by atoms with Crippen molar-refractivity contribution in [1.29, 1.82) is 0 Å². The van der Waals surface area contributed by atoms with E-state index >= 15 is 0 Å². The van der Waals surface area contributed by atoms with Gasteiger partial charge in [-0.25, -0.2) is 4.98 Å². The number of rotatable bonds is 4. The van der Waals surface area contributed by atoms with E-state index in [0.717, 1.165) is 17.2 Å². The fourth-order valence-corrected chi connectivity index (χ4v) is 2.03. The molecular weight excluding hydrogens is 194 g/mol. The normalized spacial score (nSPS) is 14.4. The van der Waals surface area contributed by atoms with E-state index < -0.39 is 0 Å². The van der Waals surface area contributed by atoms with Gasteiger partial charge in [-0.3, -0.25) is 0 Å². The van der Waals surface area contributed by atoms with Crippen molar-refractivity contribution < 1.29 is 0 Å². The molecule has 3 N–H and O–H groups in total. The average Bonchev–Trinajstić information content (AvgIpc) is 2.49. The summed E-state index contributed by atoms with van der Waals surface area (Å²) in [7, 11) is 0. The van der Waals surface area contributed by atoms with Gasteiger partial charge in [-0.1, -0.05) is 0 Å². The number of hydrogen-bond acceptors (Lipinski definition) is 4. The van der Waals surface area contributed by atoms with E-state index in [0.29, 0.717) is 0 Å². The molecule has 1 aromatic rings. The van der Waals surface area contributed by atoms with E-state index in [1.807, 2.05) is 13.8 Å². The van der Waals surface area contributed by atoms with Crippen molar-refractivity contribution in [2.45, 2.75) is 39.3 Å². The summed E-state index contributed by atoms with van der Waals surface area (Å²) in [4.78, 5) is 4.48. The molecule has 0 aliphatic heterocycles. The van der Waals surface area contributed by atoms with Crippen LogP contribution < -0.4 is 11.1 Å². The maximum Gasteiger partial charge on any atom is 0.112 e. The highest BCUT2D eigenvalue weighted by molar-refractivity contribution is 7.09. The number of nitrogens with one attached hydrogen (secondary N) is 1. The van der Waals surface area contributed by atoms with Gasteiger partial charge in [0.1, 0.15) is 5.01 Å². The summed E-state index contributed by atoms with van der Waals surface area (Å²) in [5.74, 6) is 0. The Bertz CT molecular complexity index is 291. The number of nitrogens with two attached hydrogens (primary N) is 1. The Kier molecular flexibility index (Phi) is 3.64. The number of thiazole rings is 1. The van der Waals surface area contributed by atoms with Crippen molar-refractivity contribution in [3.63, 3.8) is 0 Å². The highest BCUT2D eigenvalue weighted by atomic mass is 32.1. The van der Waals surface area contributed by atoms with Crippen LogP contribution in [0, 0.1) is 6.92 Å². The highest BCUT2D eigenvalue weighted by Gasteiger charge is 2.23. The Balaban J connectivity index is 2.65. The molecule has 3 nitrogen and oxygen atoms in total. The summed E-state index contributed by atoms with van der Waals surface area (Å²) in [6.45, 7) is 9.09. The molecule has 1 heterocycles. The van der Waals surface area contributed by atoms with Crippen molar-refractivity contribution in [3.8, 4) is 0 Å². The smallest absolute Gasteiger partial charge is 0.112 e. The minimum absolute atomic E-state index is 0.0768. The summed E-state index contributed by atoms with van der Waals surface area (Å²) in [5, 5.41) is 6.61. The van der Waals surface area contributed by atoms with Gasteiger partial charge in [-0.2, -0.15) is 0 Å². The van der Waals surface area contributed by atoms with E-state index in [1.165, 1.54) is 0 Å². The van der Waals surface area contributed by atoms with Crippen LogP contribution in [0.15, 0.2) is 5.38 Å². The van der Waals surface area contributed by atoms with E-state index in [2.05, 4.69) is 29.5 Å². The first-order valence-corrected chi connectivity index (χ1v) is 5.73. The lowest BCUT2D eigenvalue weighted by Gasteiger charge is -2.25. The van der Waals surface area contributed by atoms with Gasteiger partial charge in [0.15, 0.2) is 0 Å². The van der Waals surface area contributed by atoms with Crippen LogP contribution in [0.2, 0.25) is 0 Å². The van der Waals surface area contributed by atoms with Gasteiger partial charge < -0.3 is 11.1 Å². The van der Waals surface area contributed by atoms with E-state index in [-0.39, 0.29) is 11.6 Å². The molecule has 0 saturated heterocycles. The van der Waals surface area contributed by atoms with Crippen LogP contribution in [0.5, 0.6) is 0 Å². The average molecular weight is 213 g/mol. The Morgan fingerprint density at radius 3 is 2.71 bits per heavy atom. The monoisotopic (exact) mass is 213 g/mol. The Morgan fingerprint density at radius 2 is 2.29 bits per heavy atom. The fraction of sp³-hybridized carbons (Fsp3) is 0.700. The molecule has 14 heavy (non-hydrogen) atoms. The largest absolute Gasteiger partial charge is 0.327 e. The quantitative estimate of drug-likeness (QED) is 0.799. The van der Waals surface area contributed by atoms with Crippen molar-refractivity contribution >= 4 is 11.3 Å². The zero-order chi connectivity index (χ0) is 10.8. The fourth-order valence-electron chi connectivity index (χ4n) is 1.13. The topological polar surface area (TPSA) is 50.9 Å². The third-order valence-electron chi connectivity index (χ3n) is 2.02. The molecule has 1 atom stereocenters. The zero-order valence-corrected chi connectivity index (χ0v) is 10.1. The molecule has 0 aromatic carbocycles. The Morgan fingerprint density at radius 1 is 1.64 bits per heavy atom. The summed E-state index contributed by atoms with van der Waals surface area (Å²) in [5.41, 5.74) is 6.71. The lowest BCUT2D eigenvalue weighted by Crippen LogP contribution is -2.42. The predicted molar refractivity (Wildman–Crippen MR) is 61.5 cm³/mol. The van der Waals surface area contributed by atoms with Gasteiger partial charge in [0.25, 0.3) is 0 Å². The van der Waals surface area contributed by atoms with Crippen molar-refractivity contribution in [1.82, 2.24) is 10.3 Å². The molecule has 0 fully saturated rings. The molecule has 0 radical (unpaired) electrons. The summed E-state index contributed by atoms with van der Waals surface area (Å²) >= 11 is 1.69. The first-order valence-electron chi connectivity index (χ1n) is 4.85. The van der Waals surface area contributed by atoms with Gasteiger partial charge in [0, 0.05) is 23.7 Å². The van der Waals surface area contributed by atoms with Crippen LogP contribution in [-0.2, 0) is 5.54 Å². The summed E-state index contributed by atoms with van der Waals surface area (Å²) in [6, 6.07) is 0.176. The maximum atomic E-state index is 5.70. The molecule has 0 aliphatic rings. The minimum atomic E-state index is -0.0768. The summed E-state index contributed by atoms with van der Waals surface area (Å²) < 4.78 is 0. The van der Waals surface area contributed by atoms with Crippen LogP contribution in [-0.4, -0.2) is 17.6 Å². The number of aryl methyl sites for hydroxylation is 1. The van der Waals surface area contributed by atoms with Crippen LogP contribution in [0.3, 0.4) is 0 Å². The van der Waals surface area contributed by atoms with E-state index in [1.54, 1.807) is 11.3 Å². The van der Waals surface area contributed by atoms with Gasteiger partial charge in [0.05, 0.1) is 5.54 Å². The lowest BCUT2D eigenvalue weighted by atomic mass is 10.1. The van der Waals surface area contributed by atoms with Crippen LogP contribution in [0.1, 0.15) is 31.5 Å². The minimum Gasteiger partial charge on any atom is -0.327 e. The Labute approximate surface area is 89.7 Å². The second kappa shape index (κ2) is 4.38. The molecule has 0 amide bonds. The standard InChI is InChI=1S/C10H19N3S/c1-7(11)5-12-10(3,4)9-13-8(2)6-14-9/h6-7,12H,5,11H2,1-4H3.